The quantitative estimate of drug-likeness (QED) is 0.0980. The minimum absolute atomic E-state index is 0.0506. The molecule has 12 heteroatoms. The molecule has 3 atom stereocenters. The number of hydrogen-bond donors (Lipinski definition) is 3. The van der Waals surface area contributed by atoms with Gasteiger partial charge in [-0.1, -0.05) is 69.9 Å². The van der Waals surface area contributed by atoms with Crippen LogP contribution in [0.1, 0.15) is 96.1 Å². The van der Waals surface area contributed by atoms with Crippen LogP contribution in [0.5, 0.6) is 0 Å². The number of carbonyl (C=O) groups is 2. The van der Waals surface area contributed by atoms with Gasteiger partial charge in [0, 0.05) is 30.2 Å². The fourth-order valence-electron chi connectivity index (χ4n) is 5.50. The molecule has 0 radical (unpaired) electrons. The first-order valence-electron chi connectivity index (χ1n) is 16.7. The van der Waals surface area contributed by atoms with Gasteiger partial charge in [0.1, 0.15) is 0 Å². The zero-order valence-electron chi connectivity index (χ0n) is 26.4. The largest absolute Gasteiger partial charge is 0.377 e. The summed E-state index contributed by atoms with van der Waals surface area (Å²) in [5.74, 6) is 1.03. The normalized spacial score (nSPS) is 19.4. The van der Waals surface area contributed by atoms with Crippen molar-refractivity contribution in [2.75, 3.05) is 51.9 Å². The summed E-state index contributed by atoms with van der Waals surface area (Å²) in [6.07, 6.45) is 18.4. The third kappa shape index (κ3) is 15.6. The van der Waals surface area contributed by atoms with Gasteiger partial charge in [0.05, 0.1) is 64.0 Å². The van der Waals surface area contributed by atoms with Crippen LogP contribution in [0.25, 0.3) is 0 Å². The minimum atomic E-state index is -0.0506. The number of aryl methyl sites for hydroxylation is 1. The van der Waals surface area contributed by atoms with Crippen molar-refractivity contribution in [3.8, 4) is 0 Å². The molecule has 3 N–H and O–H groups in total. The van der Waals surface area contributed by atoms with Crippen molar-refractivity contribution in [3.63, 3.8) is 0 Å². The second kappa shape index (κ2) is 22.6. The molecule has 11 nitrogen and oxygen atoms in total. The van der Waals surface area contributed by atoms with Crippen LogP contribution in [0.4, 0.5) is 4.79 Å². The van der Waals surface area contributed by atoms with Gasteiger partial charge in [-0.2, -0.15) is 11.8 Å². The van der Waals surface area contributed by atoms with E-state index < -0.39 is 0 Å². The predicted octanol–water partition coefficient (Wildman–Crippen LogP) is 4.24. The number of amides is 3. The highest BCUT2D eigenvalue weighted by Gasteiger charge is 2.42. The summed E-state index contributed by atoms with van der Waals surface area (Å²) >= 11 is 1.91. The summed E-state index contributed by atoms with van der Waals surface area (Å²) in [6.45, 7) is 6.55. The molecule has 43 heavy (non-hydrogen) atoms. The van der Waals surface area contributed by atoms with E-state index in [9.17, 15) is 9.59 Å². The first-order chi connectivity index (χ1) is 21.2. The average molecular weight is 625 g/mol. The van der Waals surface area contributed by atoms with E-state index in [1.807, 2.05) is 22.6 Å². The Hall–Kier alpha value is -1.89. The lowest BCUT2D eigenvalue weighted by molar-refractivity contribution is -0.121. The molecule has 3 heterocycles. The van der Waals surface area contributed by atoms with Gasteiger partial charge in [-0.05, 0) is 25.7 Å². The van der Waals surface area contributed by atoms with Gasteiger partial charge in [0.2, 0.25) is 5.91 Å². The molecular formula is C31H56N6O5S. The van der Waals surface area contributed by atoms with Gasteiger partial charge in [-0.15, -0.1) is 5.10 Å². The number of urea groups is 1. The Kier molecular flexibility index (Phi) is 18.7. The van der Waals surface area contributed by atoms with Gasteiger partial charge < -0.3 is 30.2 Å². The minimum Gasteiger partial charge on any atom is -0.377 e. The molecule has 2 aliphatic rings. The highest BCUT2D eigenvalue weighted by atomic mass is 32.2. The zero-order chi connectivity index (χ0) is 30.4. The third-order valence-electron chi connectivity index (χ3n) is 7.98. The second-order valence-corrected chi connectivity index (χ2v) is 12.9. The summed E-state index contributed by atoms with van der Waals surface area (Å²) in [4.78, 5) is 23.5. The number of thioether (sulfide) groups is 1. The monoisotopic (exact) mass is 624 g/mol. The summed E-state index contributed by atoms with van der Waals surface area (Å²) < 4.78 is 18.6. The fraction of sp³-hybridized carbons (Fsp3) is 0.871. The Labute approximate surface area is 262 Å². The Bertz CT molecular complexity index is 891. The van der Waals surface area contributed by atoms with Crippen LogP contribution >= 0.6 is 11.8 Å². The molecule has 0 spiro atoms. The number of nitrogens with one attached hydrogen (secondary N) is 3. The smallest absolute Gasteiger partial charge is 0.315 e. The molecule has 0 unspecified atom stereocenters. The maximum atomic E-state index is 12.0. The molecule has 2 fully saturated rings. The lowest BCUT2D eigenvalue weighted by Crippen LogP contribution is -2.36. The van der Waals surface area contributed by atoms with Gasteiger partial charge >= 0.3 is 6.03 Å². The first-order valence-corrected chi connectivity index (χ1v) is 17.8. The van der Waals surface area contributed by atoms with Crippen LogP contribution in [-0.2, 0) is 32.0 Å². The number of carbonyl (C=O) groups excluding carboxylic acids is 2. The van der Waals surface area contributed by atoms with E-state index in [2.05, 4.69) is 33.2 Å². The molecular weight excluding hydrogens is 568 g/mol. The van der Waals surface area contributed by atoms with Crippen molar-refractivity contribution in [2.24, 2.45) is 0 Å². The Balaban J connectivity index is 1.02. The van der Waals surface area contributed by atoms with Crippen molar-refractivity contribution in [1.82, 2.24) is 30.9 Å². The molecule has 3 amide bonds. The number of nitrogens with zero attached hydrogens (tertiary/aromatic N) is 3. The predicted molar refractivity (Wildman–Crippen MR) is 170 cm³/mol. The van der Waals surface area contributed by atoms with Gasteiger partial charge in [0.25, 0.3) is 0 Å². The first kappa shape index (κ1) is 35.6. The number of hydrogen-bond acceptors (Lipinski definition) is 8. The van der Waals surface area contributed by atoms with E-state index in [-0.39, 0.29) is 24.0 Å². The van der Waals surface area contributed by atoms with Crippen molar-refractivity contribution >= 4 is 23.7 Å². The highest BCUT2D eigenvalue weighted by molar-refractivity contribution is 8.00. The highest BCUT2D eigenvalue weighted by Crippen LogP contribution is 2.33. The van der Waals surface area contributed by atoms with Crippen LogP contribution in [0.15, 0.2) is 6.20 Å². The van der Waals surface area contributed by atoms with E-state index in [1.54, 1.807) is 0 Å². The molecule has 1 aromatic heterocycles. The van der Waals surface area contributed by atoms with E-state index in [0.717, 1.165) is 37.1 Å². The van der Waals surface area contributed by atoms with Crippen molar-refractivity contribution in [3.05, 3.63) is 11.9 Å². The van der Waals surface area contributed by atoms with Crippen LogP contribution in [0, 0.1) is 0 Å². The Morgan fingerprint density at radius 1 is 0.930 bits per heavy atom. The van der Waals surface area contributed by atoms with Gasteiger partial charge in [0.15, 0.2) is 0 Å². The SMILES string of the molecule is CCCCCCCCCCCc1cn(CCOCCOCCOCCNC(=O)CCCC[C@@H]2SC[C@@H]3NC(=O)N[C@@H]32)nn1. The molecule has 3 rings (SSSR count). The van der Waals surface area contributed by atoms with Crippen LogP contribution in [0.3, 0.4) is 0 Å². The Morgan fingerprint density at radius 3 is 2.40 bits per heavy atom. The van der Waals surface area contributed by atoms with Gasteiger partial charge in [-0.3, -0.25) is 4.79 Å². The number of ether oxygens (including phenoxy) is 3. The van der Waals surface area contributed by atoms with E-state index in [1.165, 1.54) is 57.8 Å². The summed E-state index contributed by atoms with van der Waals surface area (Å²) in [5, 5.41) is 17.8. The van der Waals surface area contributed by atoms with Gasteiger partial charge in [-0.25, -0.2) is 9.48 Å². The van der Waals surface area contributed by atoms with Crippen LogP contribution in [0.2, 0.25) is 0 Å². The Morgan fingerprint density at radius 2 is 1.63 bits per heavy atom. The fourth-order valence-corrected chi connectivity index (χ4v) is 7.05. The lowest BCUT2D eigenvalue weighted by atomic mass is 10.0. The summed E-state index contributed by atoms with van der Waals surface area (Å²) in [7, 11) is 0. The van der Waals surface area contributed by atoms with Crippen molar-refractivity contribution < 1.29 is 23.8 Å². The summed E-state index contributed by atoms with van der Waals surface area (Å²) in [5.41, 5.74) is 1.07. The zero-order valence-corrected chi connectivity index (χ0v) is 27.2. The topological polar surface area (TPSA) is 129 Å². The number of unbranched alkanes of at least 4 members (excludes halogenated alkanes) is 9. The second-order valence-electron chi connectivity index (χ2n) is 11.6. The number of fused-ring (bicyclic) bond motifs is 1. The van der Waals surface area contributed by atoms with Crippen molar-refractivity contribution in [1.29, 1.82) is 0 Å². The van der Waals surface area contributed by atoms with E-state index in [0.29, 0.717) is 64.4 Å². The summed E-state index contributed by atoms with van der Waals surface area (Å²) in [6, 6.07) is 0.441. The molecule has 246 valence electrons. The maximum Gasteiger partial charge on any atom is 0.315 e. The molecule has 2 saturated heterocycles. The average Bonchev–Trinajstić information content (AvgIpc) is 3.71. The maximum absolute atomic E-state index is 12.0. The van der Waals surface area contributed by atoms with E-state index in [4.69, 9.17) is 14.2 Å². The van der Waals surface area contributed by atoms with Crippen LogP contribution in [-0.4, -0.2) is 96.2 Å². The van der Waals surface area contributed by atoms with Crippen molar-refractivity contribution in [2.45, 2.75) is 121 Å². The molecule has 1 aromatic rings. The lowest BCUT2D eigenvalue weighted by Gasteiger charge is -2.16. The molecule has 0 bridgehead atoms. The molecule has 0 aromatic carbocycles. The molecule has 2 aliphatic heterocycles. The van der Waals surface area contributed by atoms with E-state index >= 15 is 0 Å². The number of rotatable bonds is 27. The molecule has 0 saturated carbocycles. The standard InChI is InChI=1S/C31H56N6O5S/c1-2-3-4-5-6-7-8-9-10-13-26-24-37(36-35-26)17-19-41-21-23-42-22-20-40-18-16-32-29(38)15-12-11-14-28-30-27(25-43-28)33-31(39)34-30/h24,27-28,30H,2-23,25H2,1H3,(H,32,38)(H2,33,34,39)/t27-,28-,30-/m0/s1. The number of aromatic nitrogens is 3. The molecule has 0 aliphatic carbocycles. The third-order valence-corrected chi connectivity index (χ3v) is 9.49. The van der Waals surface area contributed by atoms with Crippen LogP contribution < -0.4 is 16.0 Å².